The first-order valence-corrected chi connectivity index (χ1v) is 8.95. The molecule has 0 saturated carbocycles. The standard InChI is InChI=1S/C16H22N6O3S/c1-4-25-12-7-5-11(6-8-12)15-19-20-16(22(15)17)26-10-14(24)21(3)9-13(23)18-2/h5-8H,4,9-10,17H2,1-3H3,(H,18,23). The maximum atomic E-state index is 12.1. The number of rotatable bonds is 8. The average molecular weight is 378 g/mol. The second-order valence-corrected chi connectivity index (χ2v) is 6.29. The number of hydrogen-bond acceptors (Lipinski definition) is 7. The van der Waals surface area contributed by atoms with Gasteiger partial charge in [-0.25, -0.2) is 4.68 Å². The van der Waals surface area contributed by atoms with Gasteiger partial charge in [0.25, 0.3) is 0 Å². The van der Waals surface area contributed by atoms with Gasteiger partial charge in [0.1, 0.15) is 5.75 Å². The van der Waals surface area contributed by atoms with Gasteiger partial charge in [-0.3, -0.25) is 9.59 Å². The van der Waals surface area contributed by atoms with E-state index in [0.717, 1.165) is 23.1 Å². The Balaban J connectivity index is 2.00. The Labute approximate surface area is 155 Å². The summed E-state index contributed by atoms with van der Waals surface area (Å²) in [6.45, 7) is 2.51. The average Bonchev–Trinajstić information content (AvgIpc) is 3.01. The summed E-state index contributed by atoms with van der Waals surface area (Å²) in [7, 11) is 3.09. The van der Waals surface area contributed by atoms with Crippen molar-refractivity contribution in [2.75, 3.05) is 38.8 Å². The predicted octanol–water partition coefficient (Wildman–Crippen LogP) is 0.354. The van der Waals surface area contributed by atoms with Gasteiger partial charge in [-0.1, -0.05) is 11.8 Å². The van der Waals surface area contributed by atoms with Gasteiger partial charge < -0.3 is 20.8 Å². The van der Waals surface area contributed by atoms with Gasteiger partial charge in [-0.05, 0) is 31.2 Å². The highest BCUT2D eigenvalue weighted by atomic mass is 32.2. The van der Waals surface area contributed by atoms with Crippen LogP contribution in [-0.2, 0) is 9.59 Å². The Kier molecular flexibility index (Phi) is 6.84. The third-order valence-corrected chi connectivity index (χ3v) is 4.43. The van der Waals surface area contributed by atoms with Crippen molar-refractivity contribution in [3.63, 3.8) is 0 Å². The predicted molar refractivity (Wildman–Crippen MR) is 99.2 cm³/mol. The minimum Gasteiger partial charge on any atom is -0.494 e. The molecule has 0 aliphatic heterocycles. The molecular weight excluding hydrogens is 356 g/mol. The minimum atomic E-state index is -0.231. The van der Waals surface area contributed by atoms with Gasteiger partial charge >= 0.3 is 0 Å². The number of hydrogen-bond donors (Lipinski definition) is 2. The summed E-state index contributed by atoms with van der Waals surface area (Å²) in [5, 5.41) is 11.0. The summed E-state index contributed by atoms with van der Waals surface area (Å²) in [6.07, 6.45) is 0. The van der Waals surface area contributed by atoms with E-state index in [2.05, 4.69) is 15.5 Å². The molecule has 0 fully saturated rings. The number of benzene rings is 1. The van der Waals surface area contributed by atoms with Crippen molar-refractivity contribution in [2.24, 2.45) is 0 Å². The molecule has 2 amide bonds. The van der Waals surface area contributed by atoms with Gasteiger partial charge in [-0.15, -0.1) is 10.2 Å². The second kappa shape index (κ2) is 9.09. The fraction of sp³-hybridized carbons (Fsp3) is 0.375. The molecule has 140 valence electrons. The zero-order valence-electron chi connectivity index (χ0n) is 14.9. The number of carbonyl (C=O) groups excluding carboxylic acids is 2. The van der Waals surface area contributed by atoms with Crippen LogP contribution in [0, 0.1) is 0 Å². The fourth-order valence-corrected chi connectivity index (χ4v) is 2.86. The Morgan fingerprint density at radius 2 is 2.00 bits per heavy atom. The van der Waals surface area contributed by atoms with Crippen molar-refractivity contribution in [1.82, 2.24) is 25.1 Å². The van der Waals surface area contributed by atoms with E-state index in [1.54, 1.807) is 7.05 Å². The van der Waals surface area contributed by atoms with E-state index in [9.17, 15) is 9.59 Å². The first-order chi connectivity index (χ1) is 12.5. The Bertz CT molecular complexity index is 762. The molecule has 0 aliphatic rings. The number of amides is 2. The molecule has 2 rings (SSSR count). The molecule has 0 unspecified atom stereocenters. The van der Waals surface area contributed by atoms with Gasteiger partial charge in [0.15, 0.2) is 5.82 Å². The van der Waals surface area contributed by atoms with Crippen LogP contribution in [0.25, 0.3) is 11.4 Å². The molecule has 1 aromatic heterocycles. The minimum absolute atomic E-state index is 0.00262. The van der Waals surface area contributed by atoms with Crippen molar-refractivity contribution in [2.45, 2.75) is 12.1 Å². The number of nitrogens with one attached hydrogen (secondary N) is 1. The van der Waals surface area contributed by atoms with Crippen LogP contribution in [0.4, 0.5) is 0 Å². The van der Waals surface area contributed by atoms with Crippen molar-refractivity contribution in [1.29, 1.82) is 0 Å². The van der Waals surface area contributed by atoms with Gasteiger partial charge in [0, 0.05) is 19.7 Å². The van der Waals surface area contributed by atoms with Crippen LogP contribution in [0.2, 0.25) is 0 Å². The van der Waals surface area contributed by atoms with Crippen LogP contribution in [0.3, 0.4) is 0 Å². The molecule has 0 spiro atoms. The van der Waals surface area contributed by atoms with E-state index in [0.29, 0.717) is 17.6 Å². The molecule has 1 heterocycles. The molecule has 3 N–H and O–H groups in total. The maximum absolute atomic E-state index is 12.1. The highest BCUT2D eigenvalue weighted by molar-refractivity contribution is 7.99. The van der Waals surface area contributed by atoms with Crippen LogP contribution >= 0.6 is 11.8 Å². The zero-order valence-corrected chi connectivity index (χ0v) is 15.7. The topological polar surface area (TPSA) is 115 Å². The Morgan fingerprint density at radius 3 is 2.62 bits per heavy atom. The number of thioether (sulfide) groups is 1. The second-order valence-electron chi connectivity index (χ2n) is 5.35. The molecule has 26 heavy (non-hydrogen) atoms. The molecule has 0 bridgehead atoms. The molecular formula is C16H22N6O3S. The lowest BCUT2D eigenvalue weighted by Crippen LogP contribution is -2.37. The number of nitrogens with two attached hydrogens (primary N) is 1. The molecule has 0 saturated heterocycles. The van der Waals surface area contributed by atoms with Gasteiger partial charge in [0.2, 0.25) is 17.0 Å². The number of carbonyl (C=O) groups is 2. The van der Waals surface area contributed by atoms with Crippen LogP contribution < -0.4 is 15.9 Å². The summed E-state index contributed by atoms with van der Waals surface area (Å²) in [5.74, 6) is 6.97. The van der Waals surface area contributed by atoms with Gasteiger partial charge in [-0.2, -0.15) is 0 Å². The Morgan fingerprint density at radius 1 is 1.31 bits per heavy atom. The van der Waals surface area contributed by atoms with E-state index < -0.39 is 0 Å². The number of nitrogens with zero attached hydrogens (tertiary/aromatic N) is 4. The Hall–Kier alpha value is -2.75. The smallest absolute Gasteiger partial charge is 0.239 e. The first-order valence-electron chi connectivity index (χ1n) is 7.97. The van der Waals surface area contributed by atoms with Crippen molar-refractivity contribution in [3.05, 3.63) is 24.3 Å². The van der Waals surface area contributed by atoms with E-state index in [4.69, 9.17) is 10.6 Å². The molecule has 2 aromatic rings. The summed E-state index contributed by atoms with van der Waals surface area (Å²) in [4.78, 5) is 24.7. The lowest BCUT2D eigenvalue weighted by molar-refractivity contribution is -0.132. The van der Waals surface area contributed by atoms with Crippen molar-refractivity contribution >= 4 is 23.6 Å². The molecule has 0 radical (unpaired) electrons. The molecule has 0 atom stereocenters. The van der Waals surface area contributed by atoms with Crippen molar-refractivity contribution < 1.29 is 14.3 Å². The summed E-state index contributed by atoms with van der Waals surface area (Å²) in [6, 6.07) is 7.35. The van der Waals surface area contributed by atoms with Crippen LogP contribution in [0.5, 0.6) is 5.75 Å². The van der Waals surface area contributed by atoms with E-state index in [1.807, 2.05) is 31.2 Å². The summed E-state index contributed by atoms with van der Waals surface area (Å²) in [5.41, 5.74) is 0.790. The van der Waals surface area contributed by atoms with E-state index >= 15 is 0 Å². The zero-order chi connectivity index (χ0) is 19.1. The number of nitrogen functional groups attached to an aromatic ring is 1. The van der Waals surface area contributed by atoms with Crippen LogP contribution in [-0.4, -0.2) is 64.6 Å². The maximum Gasteiger partial charge on any atom is 0.239 e. The summed E-state index contributed by atoms with van der Waals surface area (Å²) < 4.78 is 6.75. The first kappa shape index (κ1) is 19.6. The fourth-order valence-electron chi connectivity index (χ4n) is 2.06. The highest BCUT2D eigenvalue weighted by Gasteiger charge is 2.16. The van der Waals surface area contributed by atoms with E-state index in [1.165, 1.54) is 16.6 Å². The molecule has 10 heteroatoms. The highest BCUT2D eigenvalue weighted by Crippen LogP contribution is 2.23. The number of likely N-dealkylation sites (N-methyl/N-ethyl adjacent to an activating group) is 2. The quantitative estimate of drug-likeness (QED) is 0.503. The lowest BCUT2D eigenvalue weighted by atomic mass is 10.2. The number of aromatic nitrogens is 3. The monoisotopic (exact) mass is 378 g/mol. The molecule has 9 nitrogen and oxygen atoms in total. The molecule has 0 aliphatic carbocycles. The van der Waals surface area contributed by atoms with Crippen LogP contribution in [0.15, 0.2) is 29.4 Å². The summed E-state index contributed by atoms with van der Waals surface area (Å²) >= 11 is 1.16. The SMILES string of the molecule is CCOc1ccc(-c2nnc(SCC(=O)N(C)CC(=O)NC)n2N)cc1. The normalized spacial score (nSPS) is 10.4. The lowest BCUT2D eigenvalue weighted by Gasteiger charge is -2.15. The van der Waals surface area contributed by atoms with Crippen LogP contribution in [0.1, 0.15) is 6.92 Å². The third kappa shape index (κ3) is 4.88. The van der Waals surface area contributed by atoms with Crippen molar-refractivity contribution in [3.8, 4) is 17.1 Å². The molecule has 1 aromatic carbocycles. The van der Waals surface area contributed by atoms with Gasteiger partial charge in [0.05, 0.1) is 18.9 Å². The number of ether oxygens (including phenoxy) is 1. The third-order valence-electron chi connectivity index (χ3n) is 3.50. The van der Waals surface area contributed by atoms with E-state index in [-0.39, 0.29) is 24.1 Å². The largest absolute Gasteiger partial charge is 0.494 e.